The molecule has 1 N–H and O–H groups in total. The van der Waals surface area contributed by atoms with Gasteiger partial charge < -0.3 is 9.15 Å². The van der Waals surface area contributed by atoms with Crippen LogP contribution >= 0.6 is 0 Å². The summed E-state index contributed by atoms with van der Waals surface area (Å²) in [7, 11) is -2.67. The average Bonchev–Trinajstić information content (AvgIpc) is 3.29. The normalized spacial score (nSPS) is 11.2. The van der Waals surface area contributed by atoms with E-state index in [2.05, 4.69) is 14.9 Å². The van der Waals surface area contributed by atoms with Gasteiger partial charge in [-0.15, -0.1) is 10.2 Å². The first kappa shape index (κ1) is 21.3. The number of hydrogen-bond donors (Lipinski definition) is 1. The first-order valence-electron chi connectivity index (χ1n) is 9.58. The second-order valence-electron chi connectivity index (χ2n) is 6.89. The Hall–Kier alpha value is -3.98. The number of anilines is 1. The maximum absolute atomic E-state index is 13.1. The number of hydrogen-bond acceptors (Lipinski definition) is 7. The molecule has 0 spiro atoms. The van der Waals surface area contributed by atoms with Crippen LogP contribution in [0.5, 0.6) is 5.75 Å². The second-order valence-corrected chi connectivity index (χ2v) is 8.54. The lowest BCUT2D eigenvalue weighted by molar-refractivity contribution is 0.101. The van der Waals surface area contributed by atoms with E-state index in [1.54, 1.807) is 24.3 Å². The molecule has 1 heterocycles. The number of aromatic nitrogens is 2. The fraction of sp³-hybridized carbons (Fsp3) is 0.0870. The third-order valence-electron chi connectivity index (χ3n) is 4.67. The van der Waals surface area contributed by atoms with Crippen molar-refractivity contribution >= 4 is 21.5 Å². The number of ketones is 1. The van der Waals surface area contributed by atoms with Crippen molar-refractivity contribution in [3.05, 3.63) is 78.4 Å². The number of sulfonamides is 1. The number of benzene rings is 3. The Kier molecular flexibility index (Phi) is 5.74. The van der Waals surface area contributed by atoms with Gasteiger partial charge in [0.25, 0.3) is 10.0 Å². The van der Waals surface area contributed by atoms with Gasteiger partial charge in [0.1, 0.15) is 10.6 Å². The smallest absolute Gasteiger partial charge is 0.265 e. The van der Waals surface area contributed by atoms with Crippen LogP contribution in [-0.4, -0.2) is 31.5 Å². The minimum atomic E-state index is -4.05. The molecule has 0 fully saturated rings. The second kappa shape index (κ2) is 8.64. The van der Waals surface area contributed by atoms with Gasteiger partial charge >= 0.3 is 0 Å². The fourth-order valence-electron chi connectivity index (χ4n) is 3.07. The van der Waals surface area contributed by atoms with E-state index in [0.717, 1.165) is 5.56 Å². The molecule has 1 aromatic heterocycles. The van der Waals surface area contributed by atoms with E-state index in [1.807, 2.05) is 30.3 Å². The molecule has 4 aromatic rings. The van der Waals surface area contributed by atoms with E-state index in [1.165, 1.54) is 32.2 Å². The first-order chi connectivity index (χ1) is 15.4. The monoisotopic (exact) mass is 449 g/mol. The van der Waals surface area contributed by atoms with Crippen molar-refractivity contribution in [1.82, 2.24) is 10.2 Å². The predicted molar refractivity (Wildman–Crippen MR) is 119 cm³/mol. The highest BCUT2D eigenvalue weighted by Crippen LogP contribution is 2.32. The van der Waals surface area contributed by atoms with Gasteiger partial charge in [-0.1, -0.05) is 30.3 Å². The van der Waals surface area contributed by atoms with Crippen LogP contribution in [0.3, 0.4) is 0 Å². The summed E-state index contributed by atoms with van der Waals surface area (Å²) in [5.74, 6) is 0.463. The third-order valence-corrected chi connectivity index (χ3v) is 6.07. The van der Waals surface area contributed by atoms with Crippen LogP contribution < -0.4 is 9.46 Å². The molecule has 162 valence electrons. The molecule has 0 amide bonds. The van der Waals surface area contributed by atoms with Gasteiger partial charge in [0.2, 0.25) is 11.8 Å². The SMILES string of the molecule is COc1ccc(-c2nnc(-c3ccccc3)o2)cc1S(=O)(=O)Nc1cccc(C(C)=O)c1. The van der Waals surface area contributed by atoms with Gasteiger partial charge in [0, 0.05) is 22.4 Å². The fourth-order valence-corrected chi connectivity index (χ4v) is 4.31. The molecule has 3 aromatic carbocycles. The van der Waals surface area contributed by atoms with E-state index in [4.69, 9.17) is 9.15 Å². The molecule has 8 nitrogen and oxygen atoms in total. The maximum atomic E-state index is 13.1. The van der Waals surface area contributed by atoms with Crippen LogP contribution in [0.1, 0.15) is 17.3 Å². The van der Waals surface area contributed by atoms with Crippen LogP contribution in [0.4, 0.5) is 5.69 Å². The molecular weight excluding hydrogens is 430 g/mol. The van der Waals surface area contributed by atoms with Crippen LogP contribution in [0.15, 0.2) is 82.1 Å². The Labute approximate surface area is 184 Å². The summed E-state index contributed by atoms with van der Waals surface area (Å²) in [4.78, 5) is 11.5. The van der Waals surface area contributed by atoms with Crippen molar-refractivity contribution < 1.29 is 22.4 Å². The Morgan fingerprint density at radius 1 is 0.906 bits per heavy atom. The topological polar surface area (TPSA) is 111 Å². The van der Waals surface area contributed by atoms with E-state index in [0.29, 0.717) is 17.0 Å². The quantitative estimate of drug-likeness (QED) is 0.416. The summed E-state index contributed by atoms with van der Waals surface area (Å²) < 4.78 is 39.7. The van der Waals surface area contributed by atoms with Crippen molar-refractivity contribution in [3.63, 3.8) is 0 Å². The van der Waals surface area contributed by atoms with Gasteiger partial charge in [-0.05, 0) is 49.4 Å². The van der Waals surface area contributed by atoms with E-state index >= 15 is 0 Å². The average molecular weight is 449 g/mol. The Morgan fingerprint density at radius 3 is 2.31 bits per heavy atom. The molecule has 0 atom stereocenters. The Balaban J connectivity index is 1.70. The van der Waals surface area contributed by atoms with E-state index in [-0.39, 0.29) is 28.0 Å². The number of nitrogens with zero attached hydrogens (tertiary/aromatic N) is 2. The molecular formula is C23H19N3O5S. The minimum Gasteiger partial charge on any atom is -0.495 e. The van der Waals surface area contributed by atoms with Crippen LogP contribution in [0.25, 0.3) is 22.9 Å². The van der Waals surface area contributed by atoms with Crippen molar-refractivity contribution in [1.29, 1.82) is 0 Å². The summed E-state index contributed by atoms with van der Waals surface area (Å²) in [5.41, 5.74) is 1.82. The number of Topliss-reactive ketones (excluding diaryl/α,β-unsaturated/α-hetero) is 1. The molecule has 0 aliphatic heterocycles. The molecule has 9 heteroatoms. The molecule has 0 aliphatic rings. The number of rotatable bonds is 7. The number of ether oxygens (including phenoxy) is 1. The Morgan fingerprint density at radius 2 is 1.62 bits per heavy atom. The molecule has 0 bridgehead atoms. The van der Waals surface area contributed by atoms with Gasteiger partial charge in [0.05, 0.1) is 7.11 Å². The molecule has 0 unspecified atom stereocenters. The largest absolute Gasteiger partial charge is 0.495 e. The minimum absolute atomic E-state index is 0.106. The molecule has 0 aliphatic carbocycles. The van der Waals surface area contributed by atoms with Crippen molar-refractivity contribution in [2.24, 2.45) is 0 Å². The number of carbonyl (C=O) groups is 1. The van der Waals surface area contributed by atoms with Crippen LogP contribution in [0.2, 0.25) is 0 Å². The van der Waals surface area contributed by atoms with Gasteiger partial charge in [-0.3, -0.25) is 9.52 Å². The number of methoxy groups -OCH3 is 1. The Bertz CT molecular complexity index is 1380. The summed E-state index contributed by atoms with van der Waals surface area (Å²) in [6, 6.07) is 20.0. The standard InChI is InChI=1S/C23H19N3O5S/c1-15(27)17-9-6-10-19(13-17)26-32(28,29)21-14-18(11-12-20(21)30-2)23-25-24-22(31-23)16-7-4-3-5-8-16/h3-14,26H,1-2H3. The van der Waals surface area contributed by atoms with Crippen LogP contribution in [-0.2, 0) is 10.0 Å². The maximum Gasteiger partial charge on any atom is 0.265 e. The number of carbonyl (C=O) groups excluding carboxylic acids is 1. The lowest BCUT2D eigenvalue weighted by Gasteiger charge is -2.13. The highest BCUT2D eigenvalue weighted by atomic mass is 32.2. The highest BCUT2D eigenvalue weighted by Gasteiger charge is 2.22. The first-order valence-corrected chi connectivity index (χ1v) is 11.1. The van der Waals surface area contributed by atoms with E-state index in [9.17, 15) is 13.2 Å². The van der Waals surface area contributed by atoms with Crippen LogP contribution in [0, 0.1) is 0 Å². The van der Waals surface area contributed by atoms with Gasteiger partial charge in [-0.25, -0.2) is 8.42 Å². The third kappa shape index (κ3) is 4.37. The summed E-state index contributed by atoms with van der Waals surface area (Å²) in [6.07, 6.45) is 0. The molecule has 0 saturated carbocycles. The van der Waals surface area contributed by atoms with E-state index < -0.39 is 10.0 Å². The van der Waals surface area contributed by atoms with Gasteiger partial charge in [-0.2, -0.15) is 0 Å². The summed E-state index contributed by atoms with van der Waals surface area (Å²) in [6.45, 7) is 1.41. The van der Waals surface area contributed by atoms with Gasteiger partial charge in [0.15, 0.2) is 5.78 Å². The predicted octanol–water partition coefficient (Wildman–Crippen LogP) is 4.42. The molecule has 32 heavy (non-hydrogen) atoms. The zero-order valence-electron chi connectivity index (χ0n) is 17.3. The van der Waals surface area contributed by atoms with Crippen molar-refractivity contribution in [3.8, 4) is 28.7 Å². The number of nitrogens with one attached hydrogen (secondary N) is 1. The van der Waals surface area contributed by atoms with Crippen molar-refractivity contribution in [2.45, 2.75) is 11.8 Å². The summed E-state index contributed by atoms with van der Waals surface area (Å²) in [5, 5.41) is 8.09. The highest BCUT2D eigenvalue weighted by molar-refractivity contribution is 7.92. The molecule has 0 saturated heterocycles. The van der Waals surface area contributed by atoms with Crippen molar-refractivity contribution in [2.75, 3.05) is 11.8 Å². The molecule has 0 radical (unpaired) electrons. The lowest BCUT2D eigenvalue weighted by atomic mass is 10.1. The molecule has 4 rings (SSSR count). The lowest BCUT2D eigenvalue weighted by Crippen LogP contribution is -2.14. The zero-order valence-corrected chi connectivity index (χ0v) is 18.1. The summed E-state index contributed by atoms with van der Waals surface area (Å²) >= 11 is 0. The zero-order chi connectivity index (χ0) is 22.7.